The van der Waals surface area contributed by atoms with Crippen molar-refractivity contribution in [3.63, 3.8) is 0 Å². The van der Waals surface area contributed by atoms with E-state index in [1.54, 1.807) is 24.3 Å². The van der Waals surface area contributed by atoms with Gasteiger partial charge in [-0.3, -0.25) is 9.59 Å². The van der Waals surface area contributed by atoms with Gasteiger partial charge in [0, 0.05) is 19.2 Å². The fraction of sp³-hybridized carbons (Fsp3) is 0.304. The van der Waals surface area contributed by atoms with Crippen LogP contribution in [0.25, 0.3) is 5.76 Å². The van der Waals surface area contributed by atoms with Gasteiger partial charge in [-0.1, -0.05) is 0 Å². The predicted molar refractivity (Wildman–Crippen MR) is 121 cm³/mol. The Morgan fingerprint density at radius 2 is 1.88 bits per heavy atom. The van der Waals surface area contributed by atoms with E-state index in [2.05, 4.69) is 15.9 Å². The minimum absolute atomic E-state index is 0.0903. The van der Waals surface area contributed by atoms with Crippen LogP contribution < -0.4 is 14.2 Å². The first-order valence-corrected chi connectivity index (χ1v) is 10.9. The third-order valence-electron chi connectivity index (χ3n) is 5.48. The summed E-state index contributed by atoms with van der Waals surface area (Å²) in [7, 11) is 2.88. The quantitative estimate of drug-likeness (QED) is 0.340. The number of ether oxygens (including phenoxy) is 4. The van der Waals surface area contributed by atoms with Crippen LogP contribution in [0.4, 0.5) is 0 Å². The molecule has 2 heterocycles. The van der Waals surface area contributed by atoms with E-state index in [1.807, 2.05) is 0 Å². The number of aliphatic hydroxyl groups is 1. The number of phenols is 1. The van der Waals surface area contributed by atoms with Crippen LogP contribution in [0.5, 0.6) is 23.0 Å². The number of ketones is 1. The van der Waals surface area contributed by atoms with Gasteiger partial charge in [0.05, 0.1) is 29.8 Å². The molecule has 33 heavy (non-hydrogen) atoms. The molecule has 0 radical (unpaired) electrons. The van der Waals surface area contributed by atoms with E-state index in [-0.39, 0.29) is 36.0 Å². The van der Waals surface area contributed by atoms with Crippen molar-refractivity contribution in [1.29, 1.82) is 0 Å². The number of rotatable bonds is 6. The lowest BCUT2D eigenvalue weighted by Gasteiger charge is -2.26. The zero-order valence-corrected chi connectivity index (χ0v) is 19.5. The van der Waals surface area contributed by atoms with Crippen molar-refractivity contribution in [3.05, 3.63) is 51.5 Å². The molecule has 2 N–H and O–H groups in total. The molecule has 2 aromatic rings. The van der Waals surface area contributed by atoms with Crippen molar-refractivity contribution in [2.45, 2.75) is 6.04 Å². The van der Waals surface area contributed by atoms with Gasteiger partial charge in [-0.15, -0.1) is 0 Å². The number of Topliss-reactive ketones (excluding diaryl/α,β-unsaturated/α-hetero) is 1. The molecule has 9 nitrogen and oxygen atoms in total. The minimum Gasteiger partial charge on any atom is -0.507 e. The number of nitrogens with zero attached hydrogens (tertiary/aromatic N) is 1. The number of hydrogen-bond donors (Lipinski definition) is 2. The first-order chi connectivity index (χ1) is 15.9. The van der Waals surface area contributed by atoms with Gasteiger partial charge in [0.15, 0.2) is 23.0 Å². The summed E-state index contributed by atoms with van der Waals surface area (Å²) in [5, 5.41) is 21.4. The van der Waals surface area contributed by atoms with Gasteiger partial charge in [-0.05, 0) is 51.8 Å². The van der Waals surface area contributed by atoms with Gasteiger partial charge in [-0.25, -0.2) is 0 Å². The average molecular weight is 520 g/mol. The predicted octanol–water partition coefficient (Wildman–Crippen LogP) is 3.00. The van der Waals surface area contributed by atoms with Crippen molar-refractivity contribution in [3.8, 4) is 23.0 Å². The molecule has 2 aliphatic heterocycles. The molecule has 0 bridgehead atoms. The van der Waals surface area contributed by atoms with Gasteiger partial charge in [0.1, 0.15) is 19.0 Å². The summed E-state index contributed by atoms with van der Waals surface area (Å²) in [6.45, 7) is 1.08. The maximum absolute atomic E-state index is 13.1. The van der Waals surface area contributed by atoms with E-state index in [0.29, 0.717) is 40.3 Å². The highest BCUT2D eigenvalue weighted by molar-refractivity contribution is 9.10. The van der Waals surface area contributed by atoms with Crippen LogP contribution in [0, 0.1) is 0 Å². The Labute approximate surface area is 198 Å². The van der Waals surface area contributed by atoms with Gasteiger partial charge in [0.25, 0.3) is 11.7 Å². The molecule has 1 saturated heterocycles. The number of carbonyl (C=O) groups excluding carboxylic acids is 2. The SMILES string of the molecule is COCCN1C(=O)C(=O)C(=C(O)c2ccc3c(c2)OCCO3)[C@H]1c1cc(Br)c(O)c(OC)c1. The summed E-state index contributed by atoms with van der Waals surface area (Å²) in [5.41, 5.74) is 0.678. The standard InChI is InChI=1S/C23H22BrNO8/c1-30-6-5-25-19(13-9-14(24)21(27)17(11-13)31-2)18(22(28)23(25)29)20(26)12-3-4-15-16(10-12)33-8-7-32-15/h3-4,9-11,19,26-27H,5-8H2,1-2H3/t19-/m1/s1. The van der Waals surface area contributed by atoms with E-state index in [4.69, 9.17) is 18.9 Å². The third-order valence-corrected chi connectivity index (χ3v) is 6.08. The fourth-order valence-corrected chi connectivity index (χ4v) is 4.36. The Balaban J connectivity index is 1.88. The molecule has 1 fully saturated rings. The number of aromatic hydroxyl groups is 1. The number of halogens is 1. The number of carbonyl (C=O) groups is 2. The highest BCUT2D eigenvalue weighted by Crippen LogP contribution is 2.44. The number of hydrogen-bond acceptors (Lipinski definition) is 8. The number of methoxy groups -OCH3 is 2. The molecule has 2 aliphatic rings. The second-order valence-corrected chi connectivity index (χ2v) is 8.25. The largest absolute Gasteiger partial charge is 0.507 e. The molecule has 0 aromatic heterocycles. The molecule has 1 atom stereocenters. The minimum atomic E-state index is -0.931. The summed E-state index contributed by atoms with van der Waals surface area (Å²) in [6.07, 6.45) is 0. The molecule has 10 heteroatoms. The zero-order valence-electron chi connectivity index (χ0n) is 18.0. The van der Waals surface area contributed by atoms with E-state index < -0.39 is 17.7 Å². The van der Waals surface area contributed by atoms with E-state index in [9.17, 15) is 19.8 Å². The summed E-state index contributed by atoms with van der Waals surface area (Å²) in [6, 6.07) is 6.96. The Hall–Kier alpha value is -3.24. The van der Waals surface area contributed by atoms with E-state index in [0.717, 1.165) is 0 Å². The van der Waals surface area contributed by atoms with Crippen LogP contribution >= 0.6 is 15.9 Å². The zero-order chi connectivity index (χ0) is 23.7. The average Bonchev–Trinajstić information content (AvgIpc) is 3.08. The molecule has 0 aliphatic carbocycles. The van der Waals surface area contributed by atoms with Crippen molar-refractivity contribution in [2.75, 3.05) is 40.6 Å². The first kappa shape index (κ1) is 22.9. The van der Waals surface area contributed by atoms with Crippen LogP contribution in [-0.2, 0) is 14.3 Å². The number of fused-ring (bicyclic) bond motifs is 1. The van der Waals surface area contributed by atoms with Gasteiger partial charge in [-0.2, -0.15) is 0 Å². The van der Waals surface area contributed by atoms with Gasteiger partial charge in [0.2, 0.25) is 0 Å². The van der Waals surface area contributed by atoms with Crippen LogP contribution in [0.2, 0.25) is 0 Å². The Bertz CT molecular complexity index is 1150. The maximum atomic E-state index is 13.1. The second kappa shape index (κ2) is 9.32. The molecule has 0 saturated carbocycles. The van der Waals surface area contributed by atoms with Gasteiger partial charge < -0.3 is 34.1 Å². The number of phenolic OH excluding ortho intramolecular Hbond substituents is 1. The lowest BCUT2D eigenvalue weighted by atomic mass is 9.95. The Morgan fingerprint density at radius 1 is 1.15 bits per heavy atom. The third kappa shape index (κ3) is 4.11. The molecule has 4 rings (SSSR count). The van der Waals surface area contributed by atoms with Crippen molar-refractivity contribution in [1.82, 2.24) is 4.90 Å². The number of likely N-dealkylation sites (tertiary alicyclic amines) is 1. The molecule has 0 spiro atoms. The van der Waals surface area contributed by atoms with Crippen LogP contribution in [0.15, 0.2) is 40.4 Å². The summed E-state index contributed by atoms with van der Waals surface area (Å²) in [5.74, 6) is -0.950. The summed E-state index contributed by atoms with van der Waals surface area (Å²) >= 11 is 3.28. The van der Waals surface area contributed by atoms with Crippen molar-refractivity contribution >= 4 is 33.4 Å². The van der Waals surface area contributed by atoms with E-state index >= 15 is 0 Å². The normalized spacial score (nSPS) is 19.1. The fourth-order valence-electron chi connectivity index (χ4n) is 3.90. The summed E-state index contributed by atoms with van der Waals surface area (Å²) < 4.78 is 21.8. The summed E-state index contributed by atoms with van der Waals surface area (Å²) in [4.78, 5) is 27.3. The van der Waals surface area contributed by atoms with Gasteiger partial charge >= 0.3 is 0 Å². The molecular weight excluding hydrogens is 498 g/mol. The lowest BCUT2D eigenvalue weighted by Crippen LogP contribution is -2.32. The molecule has 2 aromatic carbocycles. The number of amides is 1. The molecule has 0 unspecified atom stereocenters. The highest BCUT2D eigenvalue weighted by atomic mass is 79.9. The lowest BCUT2D eigenvalue weighted by molar-refractivity contribution is -0.140. The van der Waals surface area contributed by atoms with Crippen LogP contribution in [-0.4, -0.2) is 67.4 Å². The monoisotopic (exact) mass is 519 g/mol. The first-order valence-electron chi connectivity index (χ1n) is 10.1. The highest BCUT2D eigenvalue weighted by Gasteiger charge is 2.46. The van der Waals surface area contributed by atoms with E-state index in [1.165, 1.54) is 25.2 Å². The van der Waals surface area contributed by atoms with Crippen molar-refractivity contribution in [2.24, 2.45) is 0 Å². The van der Waals surface area contributed by atoms with Crippen LogP contribution in [0.1, 0.15) is 17.2 Å². The molecule has 1 amide bonds. The Kier molecular flexibility index (Phi) is 6.48. The molecular formula is C23H22BrNO8. The maximum Gasteiger partial charge on any atom is 0.295 e. The Morgan fingerprint density at radius 3 is 2.58 bits per heavy atom. The van der Waals surface area contributed by atoms with Crippen molar-refractivity contribution < 1.29 is 38.7 Å². The number of aliphatic hydroxyl groups excluding tert-OH is 1. The molecule has 174 valence electrons. The second-order valence-electron chi connectivity index (χ2n) is 7.40. The topological polar surface area (TPSA) is 115 Å². The smallest absolute Gasteiger partial charge is 0.295 e. The van der Waals surface area contributed by atoms with Crippen LogP contribution in [0.3, 0.4) is 0 Å². The number of benzene rings is 2.